The Morgan fingerprint density at radius 3 is 2.71 bits per heavy atom. The summed E-state index contributed by atoms with van der Waals surface area (Å²) in [5.41, 5.74) is 3.44. The summed E-state index contributed by atoms with van der Waals surface area (Å²) >= 11 is 4.86. The summed E-state index contributed by atoms with van der Waals surface area (Å²) in [7, 11) is 0. The Balaban J connectivity index is 0.887. The minimum absolute atomic E-state index is 0.0309. The number of morpholine rings is 1. The third-order valence-electron chi connectivity index (χ3n) is 11.2. The first-order chi connectivity index (χ1) is 25.2. The highest BCUT2D eigenvalue weighted by molar-refractivity contribution is 7.80. The van der Waals surface area contributed by atoms with Gasteiger partial charge in [0, 0.05) is 57.7 Å². The third-order valence-corrected chi connectivity index (χ3v) is 11.7. The number of ether oxygens (including phenoxy) is 1. The number of aromatic nitrogens is 5. The van der Waals surface area contributed by atoms with Crippen LogP contribution in [0, 0.1) is 0 Å². The Hall–Kier alpha value is -4.45. The van der Waals surface area contributed by atoms with Gasteiger partial charge in [-0.2, -0.15) is 17.7 Å². The van der Waals surface area contributed by atoms with E-state index in [9.17, 15) is 23.2 Å². The van der Waals surface area contributed by atoms with Crippen molar-refractivity contribution < 1.29 is 27.9 Å². The molecule has 4 atom stereocenters. The van der Waals surface area contributed by atoms with E-state index in [1.54, 1.807) is 23.1 Å². The molecule has 0 spiro atoms. The Labute approximate surface area is 302 Å². The van der Waals surface area contributed by atoms with Gasteiger partial charge in [-0.3, -0.25) is 34.2 Å². The van der Waals surface area contributed by atoms with Gasteiger partial charge < -0.3 is 15.0 Å². The van der Waals surface area contributed by atoms with Gasteiger partial charge in [0.2, 0.25) is 11.8 Å². The van der Waals surface area contributed by atoms with Crippen LogP contribution in [0.3, 0.4) is 0 Å². The maximum absolute atomic E-state index is 14.4. The molecule has 3 aromatic heterocycles. The summed E-state index contributed by atoms with van der Waals surface area (Å²) in [5.74, 6) is -0.624. The number of halogens is 2. The van der Waals surface area contributed by atoms with Crippen molar-refractivity contribution in [3.63, 3.8) is 0 Å². The van der Waals surface area contributed by atoms with Gasteiger partial charge in [0.25, 0.3) is 12.3 Å². The highest BCUT2D eigenvalue weighted by atomic mass is 32.1. The smallest absolute Gasteiger partial charge is 0.284 e. The van der Waals surface area contributed by atoms with Crippen LogP contribution in [-0.4, -0.2) is 96.3 Å². The maximum Gasteiger partial charge on any atom is 0.284 e. The molecule has 2 bridgehead atoms. The Morgan fingerprint density at radius 1 is 1.12 bits per heavy atom. The molecule has 17 heteroatoms. The highest BCUT2D eigenvalue weighted by Crippen LogP contribution is 2.41. The van der Waals surface area contributed by atoms with Gasteiger partial charge in [-0.05, 0) is 48.4 Å². The number of alkyl halides is 2. The van der Waals surface area contributed by atoms with E-state index >= 15 is 0 Å². The number of hydrogen-bond donors (Lipinski definition) is 3. The van der Waals surface area contributed by atoms with Crippen LogP contribution in [0.4, 0.5) is 20.3 Å². The van der Waals surface area contributed by atoms with Crippen LogP contribution < -0.4 is 15.5 Å². The SMILES string of the molecule is O=C1CCC(N2Cc3c(CN4CCC(n5cc(NC(=O)c6c(N7C[C@H]8C[C@@H]7CO8)nn7cccnc67)c(C(F)F)n5)CC4)cccc3C2S)C(=O)N1. The molecule has 4 saturated heterocycles. The number of amides is 3. The number of nitrogens with zero attached hydrogens (tertiary/aromatic N) is 8. The predicted molar refractivity (Wildman–Crippen MR) is 187 cm³/mol. The van der Waals surface area contributed by atoms with Crippen LogP contribution in [0.1, 0.15) is 82.7 Å². The largest absolute Gasteiger partial charge is 0.374 e. The lowest BCUT2D eigenvalue weighted by molar-refractivity contribution is -0.137. The zero-order valence-electron chi connectivity index (χ0n) is 28.2. The van der Waals surface area contributed by atoms with Crippen molar-refractivity contribution in [2.24, 2.45) is 0 Å². The molecule has 2 unspecified atom stereocenters. The number of carbonyl (C=O) groups is 3. The number of piperidine rings is 2. The quantitative estimate of drug-likeness (QED) is 0.182. The molecule has 5 aliphatic heterocycles. The number of imide groups is 1. The van der Waals surface area contributed by atoms with Crippen LogP contribution in [0.5, 0.6) is 0 Å². The molecule has 0 aliphatic carbocycles. The molecule has 5 aliphatic rings. The summed E-state index contributed by atoms with van der Waals surface area (Å²) in [6, 6.07) is 7.43. The van der Waals surface area contributed by atoms with Crippen LogP contribution in [-0.2, 0) is 27.4 Å². The minimum atomic E-state index is -2.89. The van der Waals surface area contributed by atoms with E-state index in [1.807, 2.05) is 12.1 Å². The molecule has 4 fully saturated rings. The fourth-order valence-electron chi connectivity index (χ4n) is 8.52. The van der Waals surface area contributed by atoms with Gasteiger partial charge >= 0.3 is 0 Å². The van der Waals surface area contributed by atoms with Crippen LogP contribution in [0.2, 0.25) is 0 Å². The van der Waals surface area contributed by atoms with Crippen molar-refractivity contribution in [2.75, 3.05) is 36.5 Å². The molecule has 2 N–H and O–H groups in total. The number of anilines is 2. The fraction of sp³-hybridized carbons (Fsp3) is 0.486. The normalized spacial score (nSPS) is 25.4. The summed E-state index contributed by atoms with van der Waals surface area (Å²) in [6.07, 6.45) is 4.98. The van der Waals surface area contributed by atoms with Gasteiger partial charge in [0.05, 0.1) is 41.9 Å². The molecule has 1 aromatic carbocycles. The number of fused-ring (bicyclic) bond motifs is 4. The second-order valence-corrected chi connectivity index (χ2v) is 14.7. The molecule has 14 nitrogen and oxygen atoms in total. The van der Waals surface area contributed by atoms with E-state index in [4.69, 9.17) is 17.4 Å². The van der Waals surface area contributed by atoms with Crippen molar-refractivity contribution in [3.8, 4) is 0 Å². The van der Waals surface area contributed by atoms with Crippen LogP contribution in [0.15, 0.2) is 42.9 Å². The maximum atomic E-state index is 14.4. The average molecular weight is 733 g/mol. The van der Waals surface area contributed by atoms with Crippen molar-refractivity contribution >= 4 is 47.5 Å². The monoisotopic (exact) mass is 732 g/mol. The first-order valence-electron chi connectivity index (χ1n) is 17.7. The van der Waals surface area contributed by atoms with E-state index in [2.05, 4.69) is 46.6 Å². The fourth-order valence-corrected chi connectivity index (χ4v) is 9.00. The number of hydrogen-bond acceptors (Lipinski definition) is 11. The number of likely N-dealkylation sites (tertiary alicyclic amines) is 1. The van der Waals surface area contributed by atoms with E-state index in [1.165, 1.54) is 10.7 Å². The van der Waals surface area contributed by atoms with E-state index in [-0.39, 0.29) is 46.6 Å². The lowest BCUT2D eigenvalue weighted by Crippen LogP contribution is -2.51. The zero-order valence-corrected chi connectivity index (χ0v) is 29.1. The second-order valence-electron chi connectivity index (χ2n) is 14.3. The number of rotatable bonds is 8. The first-order valence-corrected chi connectivity index (χ1v) is 18.2. The topological polar surface area (TPSA) is 142 Å². The predicted octanol–water partition coefficient (Wildman–Crippen LogP) is 3.48. The molecule has 52 heavy (non-hydrogen) atoms. The van der Waals surface area contributed by atoms with Crippen molar-refractivity contribution in [1.82, 2.24) is 39.5 Å². The number of benzene rings is 1. The summed E-state index contributed by atoms with van der Waals surface area (Å²) in [5, 5.41) is 13.9. The second kappa shape index (κ2) is 13.2. The first kappa shape index (κ1) is 33.4. The van der Waals surface area contributed by atoms with E-state index < -0.39 is 24.1 Å². The van der Waals surface area contributed by atoms with Gasteiger partial charge in [-0.1, -0.05) is 18.2 Å². The molecule has 3 amide bonds. The Morgan fingerprint density at radius 2 is 1.96 bits per heavy atom. The van der Waals surface area contributed by atoms with Gasteiger partial charge in [0.15, 0.2) is 17.2 Å². The zero-order chi connectivity index (χ0) is 35.7. The molecule has 9 rings (SSSR count). The molecular weight excluding hydrogens is 695 g/mol. The molecular formula is C35H38F2N10O4S. The average Bonchev–Trinajstić information content (AvgIpc) is 3.97. The van der Waals surface area contributed by atoms with Crippen LogP contribution >= 0.6 is 12.6 Å². The van der Waals surface area contributed by atoms with Gasteiger partial charge in [-0.25, -0.2) is 18.3 Å². The summed E-state index contributed by atoms with van der Waals surface area (Å²) in [4.78, 5) is 49.1. The standard InChI is InChI=1S/C35H38F2N10O4S/c36-30(37)29-25(39-34(50)28-31-38-9-2-10-46(31)42-32(28)44-15-22-13-21(44)18-51-22)17-47(41-29)20-7-11-43(12-8-20)14-19-3-1-4-23-24(19)16-45(35(23)52)26-5-6-27(48)40-33(26)49/h1-4,9-10,17,20-22,26,30,35,52H,5-8,11-16,18H2,(H,39,50)(H,40,48,49)/t21-,22-,26?,35?/m1/s1. The molecule has 0 saturated carbocycles. The van der Waals surface area contributed by atoms with Crippen LogP contribution in [0.25, 0.3) is 5.65 Å². The highest BCUT2D eigenvalue weighted by Gasteiger charge is 2.43. The van der Waals surface area contributed by atoms with Gasteiger partial charge in [-0.15, -0.1) is 5.10 Å². The third kappa shape index (κ3) is 5.83. The lowest BCUT2D eigenvalue weighted by Gasteiger charge is -2.33. The molecule has 0 radical (unpaired) electrons. The number of nitrogens with one attached hydrogen (secondary N) is 2. The number of carbonyl (C=O) groups excluding carboxylic acids is 3. The number of thiol groups is 1. The van der Waals surface area contributed by atoms with E-state index in [0.29, 0.717) is 63.4 Å². The molecule has 4 aromatic rings. The molecule has 272 valence electrons. The van der Waals surface area contributed by atoms with Gasteiger partial charge in [0.1, 0.15) is 5.56 Å². The summed E-state index contributed by atoms with van der Waals surface area (Å²) in [6.45, 7) is 3.85. The lowest BCUT2D eigenvalue weighted by atomic mass is 10.0. The van der Waals surface area contributed by atoms with Crippen molar-refractivity contribution in [1.29, 1.82) is 0 Å². The van der Waals surface area contributed by atoms with Crippen molar-refractivity contribution in [3.05, 3.63) is 70.8 Å². The summed E-state index contributed by atoms with van der Waals surface area (Å²) < 4.78 is 37.6. The van der Waals surface area contributed by atoms with Crippen molar-refractivity contribution in [2.45, 2.75) is 81.2 Å². The van der Waals surface area contributed by atoms with E-state index in [0.717, 1.165) is 36.2 Å². The minimum Gasteiger partial charge on any atom is -0.374 e. The Bertz CT molecular complexity index is 2070. The Kier molecular flexibility index (Phi) is 8.47. The molecule has 8 heterocycles.